The molecule has 0 saturated carbocycles. The van der Waals surface area contributed by atoms with Gasteiger partial charge in [0.25, 0.3) is 5.69 Å². The van der Waals surface area contributed by atoms with Crippen molar-refractivity contribution >= 4 is 17.3 Å². The van der Waals surface area contributed by atoms with E-state index < -0.39 is 11.0 Å². The third kappa shape index (κ3) is 4.03. The van der Waals surface area contributed by atoms with E-state index in [4.69, 9.17) is 5.73 Å². The molecule has 0 fully saturated rings. The van der Waals surface area contributed by atoms with Crippen LogP contribution in [-0.2, 0) is 4.79 Å². The lowest BCUT2D eigenvalue weighted by Gasteiger charge is -2.15. The zero-order valence-corrected chi connectivity index (χ0v) is 12.3. The topological polar surface area (TPSA) is 98.3 Å². The molecule has 6 nitrogen and oxygen atoms in total. The van der Waals surface area contributed by atoms with Crippen molar-refractivity contribution in [3.63, 3.8) is 0 Å². The fourth-order valence-electron chi connectivity index (χ4n) is 1.97. The van der Waals surface area contributed by atoms with E-state index in [0.29, 0.717) is 29.2 Å². The molecular weight excluding hydrogens is 258 g/mol. The van der Waals surface area contributed by atoms with Crippen LogP contribution in [0.25, 0.3) is 0 Å². The number of carbonyl (C=O) groups is 1. The Morgan fingerprint density at radius 3 is 2.45 bits per heavy atom. The number of hydrogen-bond acceptors (Lipinski definition) is 4. The number of nitrogens with two attached hydrogens (primary N) is 1. The molecule has 1 aromatic rings. The minimum Gasteiger partial charge on any atom is -0.324 e. The standard InChI is InChI=1S/C14H21N3O3/c1-8(2)5-11(15)14(18)16-12-6-10(4)13(17(19)20)7-9(12)3/h6-8,11H,5,15H2,1-4H3,(H,16,18). The summed E-state index contributed by atoms with van der Waals surface area (Å²) in [5.74, 6) is 0.0606. The Hall–Kier alpha value is -1.95. The summed E-state index contributed by atoms with van der Waals surface area (Å²) in [5.41, 5.74) is 7.58. The molecule has 0 aromatic heterocycles. The first-order valence-corrected chi connectivity index (χ1v) is 6.54. The van der Waals surface area contributed by atoms with Gasteiger partial charge in [-0.1, -0.05) is 13.8 Å². The van der Waals surface area contributed by atoms with Crippen molar-refractivity contribution in [3.05, 3.63) is 33.4 Å². The van der Waals surface area contributed by atoms with E-state index in [1.807, 2.05) is 13.8 Å². The van der Waals surface area contributed by atoms with E-state index in [1.165, 1.54) is 6.07 Å². The molecule has 1 atom stereocenters. The molecule has 0 bridgehead atoms. The maximum atomic E-state index is 12.0. The number of nitro benzene ring substituents is 1. The van der Waals surface area contributed by atoms with Gasteiger partial charge in [-0.15, -0.1) is 0 Å². The van der Waals surface area contributed by atoms with Gasteiger partial charge in [-0.3, -0.25) is 14.9 Å². The lowest BCUT2D eigenvalue weighted by Crippen LogP contribution is -2.36. The minimum atomic E-state index is -0.579. The van der Waals surface area contributed by atoms with Crippen LogP contribution in [0.3, 0.4) is 0 Å². The van der Waals surface area contributed by atoms with Gasteiger partial charge in [-0.25, -0.2) is 0 Å². The van der Waals surface area contributed by atoms with E-state index in [-0.39, 0.29) is 11.6 Å². The number of anilines is 1. The molecule has 20 heavy (non-hydrogen) atoms. The molecule has 1 rings (SSSR count). The van der Waals surface area contributed by atoms with Gasteiger partial charge in [0.15, 0.2) is 0 Å². The summed E-state index contributed by atoms with van der Waals surface area (Å²) in [6.07, 6.45) is 0.594. The predicted molar refractivity (Wildman–Crippen MR) is 78.6 cm³/mol. The Morgan fingerprint density at radius 1 is 1.35 bits per heavy atom. The third-order valence-corrected chi connectivity index (χ3v) is 3.06. The van der Waals surface area contributed by atoms with Crippen molar-refractivity contribution in [3.8, 4) is 0 Å². The van der Waals surface area contributed by atoms with Gasteiger partial charge >= 0.3 is 0 Å². The first kappa shape index (κ1) is 16.1. The Kier molecular flexibility index (Phi) is 5.21. The van der Waals surface area contributed by atoms with E-state index in [1.54, 1.807) is 19.9 Å². The number of aryl methyl sites for hydroxylation is 2. The summed E-state index contributed by atoms with van der Waals surface area (Å²) in [5, 5.41) is 13.6. The van der Waals surface area contributed by atoms with E-state index in [2.05, 4.69) is 5.32 Å². The van der Waals surface area contributed by atoms with Crippen LogP contribution in [0.5, 0.6) is 0 Å². The largest absolute Gasteiger partial charge is 0.324 e. The Morgan fingerprint density at radius 2 is 1.95 bits per heavy atom. The van der Waals surface area contributed by atoms with Crippen molar-refractivity contribution in [1.29, 1.82) is 0 Å². The molecule has 0 saturated heterocycles. The molecule has 1 aromatic carbocycles. The van der Waals surface area contributed by atoms with Gasteiger partial charge in [0.05, 0.1) is 11.0 Å². The average molecular weight is 279 g/mol. The number of amides is 1. The molecule has 3 N–H and O–H groups in total. The Labute approximate surface area is 118 Å². The second kappa shape index (κ2) is 6.47. The zero-order valence-electron chi connectivity index (χ0n) is 12.3. The zero-order chi connectivity index (χ0) is 15.4. The van der Waals surface area contributed by atoms with Gasteiger partial charge in [-0.2, -0.15) is 0 Å². The first-order valence-electron chi connectivity index (χ1n) is 6.54. The average Bonchev–Trinajstić information content (AvgIpc) is 2.31. The van der Waals surface area contributed by atoms with Crippen LogP contribution < -0.4 is 11.1 Å². The summed E-state index contributed by atoms with van der Waals surface area (Å²) in [6, 6.07) is 2.48. The number of hydrogen-bond donors (Lipinski definition) is 2. The minimum absolute atomic E-state index is 0.0481. The van der Waals surface area contributed by atoms with Crippen LogP contribution >= 0.6 is 0 Å². The number of carbonyl (C=O) groups excluding carboxylic acids is 1. The van der Waals surface area contributed by atoms with Crippen LogP contribution in [0.4, 0.5) is 11.4 Å². The molecule has 0 aliphatic rings. The highest BCUT2D eigenvalue weighted by Gasteiger charge is 2.18. The van der Waals surface area contributed by atoms with E-state index in [9.17, 15) is 14.9 Å². The molecule has 1 unspecified atom stereocenters. The quantitative estimate of drug-likeness (QED) is 0.639. The summed E-state index contributed by atoms with van der Waals surface area (Å²) in [7, 11) is 0. The van der Waals surface area contributed by atoms with E-state index >= 15 is 0 Å². The third-order valence-electron chi connectivity index (χ3n) is 3.06. The van der Waals surface area contributed by atoms with Crippen molar-refractivity contribution in [2.75, 3.05) is 5.32 Å². The van der Waals surface area contributed by atoms with Crippen LogP contribution in [0.2, 0.25) is 0 Å². The highest BCUT2D eigenvalue weighted by Crippen LogP contribution is 2.26. The molecule has 1 amide bonds. The fourth-order valence-corrected chi connectivity index (χ4v) is 1.97. The van der Waals surface area contributed by atoms with Crippen molar-refractivity contribution < 1.29 is 9.72 Å². The second-order valence-corrected chi connectivity index (χ2v) is 5.44. The van der Waals surface area contributed by atoms with Crippen molar-refractivity contribution in [1.82, 2.24) is 0 Å². The lowest BCUT2D eigenvalue weighted by atomic mass is 10.0. The monoisotopic (exact) mass is 279 g/mol. The predicted octanol–water partition coefficient (Wildman–Crippen LogP) is 2.52. The maximum Gasteiger partial charge on any atom is 0.272 e. The van der Waals surface area contributed by atoms with Gasteiger partial charge in [-0.05, 0) is 37.8 Å². The number of rotatable bonds is 5. The first-order chi connectivity index (χ1) is 9.22. The van der Waals surface area contributed by atoms with Gasteiger partial charge < -0.3 is 11.1 Å². The molecule has 0 aliphatic heterocycles. The Balaban J connectivity index is 2.91. The molecular formula is C14H21N3O3. The highest BCUT2D eigenvalue weighted by atomic mass is 16.6. The molecule has 110 valence electrons. The molecule has 6 heteroatoms. The Bertz CT molecular complexity index is 527. The number of nitrogens with one attached hydrogen (secondary N) is 1. The molecule has 0 spiro atoms. The van der Waals surface area contributed by atoms with Crippen LogP contribution in [0, 0.1) is 29.9 Å². The number of nitro groups is 1. The van der Waals surface area contributed by atoms with Crippen LogP contribution in [0.15, 0.2) is 12.1 Å². The second-order valence-electron chi connectivity index (χ2n) is 5.44. The van der Waals surface area contributed by atoms with Crippen molar-refractivity contribution in [2.24, 2.45) is 11.7 Å². The van der Waals surface area contributed by atoms with Gasteiger partial charge in [0.1, 0.15) is 0 Å². The lowest BCUT2D eigenvalue weighted by molar-refractivity contribution is -0.385. The summed E-state index contributed by atoms with van der Waals surface area (Å²) >= 11 is 0. The number of benzene rings is 1. The summed E-state index contributed by atoms with van der Waals surface area (Å²) < 4.78 is 0. The maximum absolute atomic E-state index is 12.0. The van der Waals surface area contributed by atoms with E-state index in [0.717, 1.165) is 0 Å². The van der Waals surface area contributed by atoms with Gasteiger partial charge in [0.2, 0.25) is 5.91 Å². The fraction of sp³-hybridized carbons (Fsp3) is 0.500. The highest BCUT2D eigenvalue weighted by molar-refractivity contribution is 5.95. The van der Waals surface area contributed by atoms with Crippen LogP contribution in [0.1, 0.15) is 31.4 Å². The molecule has 0 radical (unpaired) electrons. The normalized spacial score (nSPS) is 12.3. The molecule has 0 aliphatic carbocycles. The number of nitrogens with zero attached hydrogens (tertiary/aromatic N) is 1. The van der Waals surface area contributed by atoms with Gasteiger partial charge in [0, 0.05) is 17.3 Å². The summed E-state index contributed by atoms with van der Waals surface area (Å²) in [6.45, 7) is 7.35. The van der Waals surface area contributed by atoms with Crippen molar-refractivity contribution in [2.45, 2.75) is 40.2 Å². The SMILES string of the molecule is Cc1cc([N+](=O)[O-])c(C)cc1NC(=O)C(N)CC(C)C. The molecule has 0 heterocycles. The summed E-state index contributed by atoms with van der Waals surface area (Å²) in [4.78, 5) is 22.4. The van der Waals surface area contributed by atoms with Crippen LogP contribution in [-0.4, -0.2) is 16.9 Å². The smallest absolute Gasteiger partial charge is 0.272 e.